The molecule has 10 heteroatoms. The molecule has 0 fully saturated rings. The van der Waals surface area contributed by atoms with Gasteiger partial charge in [0.15, 0.2) is 5.76 Å². The van der Waals surface area contributed by atoms with E-state index in [-0.39, 0.29) is 29.0 Å². The van der Waals surface area contributed by atoms with E-state index in [1.54, 1.807) is 48.3 Å². The third-order valence-corrected chi connectivity index (χ3v) is 7.15. The zero-order valence-corrected chi connectivity index (χ0v) is 22.6. The van der Waals surface area contributed by atoms with Gasteiger partial charge in [0.25, 0.3) is 10.0 Å². The molecular weight excluding hydrogens is 497 g/mol. The van der Waals surface area contributed by atoms with Crippen LogP contribution in [0.2, 0.25) is 0 Å². The second kappa shape index (κ2) is 13.1. The molecule has 0 aliphatic heterocycles. The monoisotopic (exact) mass is 531 g/mol. The number of carbonyl (C=O) groups is 2. The molecule has 37 heavy (non-hydrogen) atoms. The van der Waals surface area contributed by atoms with Gasteiger partial charge in [-0.1, -0.05) is 68.9 Å². The van der Waals surface area contributed by atoms with E-state index in [9.17, 15) is 22.4 Å². The minimum Gasteiger partial charge on any atom is -0.356 e. The van der Waals surface area contributed by atoms with E-state index in [2.05, 4.69) is 16.5 Å². The van der Waals surface area contributed by atoms with Crippen molar-refractivity contribution in [1.29, 1.82) is 0 Å². The summed E-state index contributed by atoms with van der Waals surface area (Å²) in [5, 5.41) is 3.43. The van der Waals surface area contributed by atoms with Crippen LogP contribution in [0, 0.1) is 18.7 Å². The van der Waals surface area contributed by atoms with Crippen LogP contribution in [-0.2, 0) is 19.6 Å². The quantitative estimate of drug-likeness (QED) is 0.278. The number of rotatable bonds is 13. The number of carbonyl (C=O) groups excluding carboxylic acids is 2. The maximum atomic E-state index is 14.1. The standard InChI is InChI=1S/C27H34FN3O5S/c1-7-11-25(33)31(23(17-32)18(3)4)16-21(8-2)15-14-19(5)22-12-9-10-13-24(22)37(34,35)30-27-26(28)20(6)36-29-27/h8-10,12-15,17-18,23H,2,7,11,16H2,1,3-6H3,(H,29,30)/b19-14+,21-15+. The number of nitrogens with one attached hydrogen (secondary N) is 1. The van der Waals surface area contributed by atoms with Gasteiger partial charge < -0.3 is 14.2 Å². The molecule has 0 spiro atoms. The first-order valence-corrected chi connectivity index (χ1v) is 13.4. The van der Waals surface area contributed by atoms with Crippen molar-refractivity contribution in [2.24, 2.45) is 5.92 Å². The number of amides is 1. The number of anilines is 1. The average molecular weight is 532 g/mol. The molecule has 1 aromatic carbocycles. The molecule has 1 heterocycles. The van der Waals surface area contributed by atoms with Crippen molar-refractivity contribution in [3.05, 3.63) is 71.8 Å². The van der Waals surface area contributed by atoms with Crippen LogP contribution in [0.4, 0.5) is 10.2 Å². The Balaban J connectivity index is 2.41. The Morgan fingerprint density at radius 3 is 2.49 bits per heavy atom. The third kappa shape index (κ3) is 7.48. The summed E-state index contributed by atoms with van der Waals surface area (Å²) in [4.78, 5) is 26.0. The van der Waals surface area contributed by atoms with Crippen molar-refractivity contribution >= 4 is 33.6 Å². The minimum atomic E-state index is -4.19. The van der Waals surface area contributed by atoms with Crippen molar-refractivity contribution in [2.75, 3.05) is 11.3 Å². The number of allylic oxidation sites excluding steroid dienone is 3. The first kappa shape index (κ1) is 29.7. The zero-order chi connectivity index (χ0) is 27.8. The van der Waals surface area contributed by atoms with Crippen molar-refractivity contribution < 1.29 is 26.9 Å². The van der Waals surface area contributed by atoms with Gasteiger partial charge in [0.2, 0.25) is 17.5 Å². The Kier molecular flexibility index (Phi) is 10.5. The second-order valence-electron chi connectivity index (χ2n) is 8.94. The molecule has 2 aromatic rings. The van der Waals surface area contributed by atoms with Crippen LogP contribution in [0.15, 0.2) is 64.1 Å². The van der Waals surface area contributed by atoms with Crippen LogP contribution in [0.5, 0.6) is 0 Å². The van der Waals surface area contributed by atoms with Crippen molar-refractivity contribution in [3.8, 4) is 0 Å². The van der Waals surface area contributed by atoms with E-state index >= 15 is 0 Å². The predicted molar refractivity (Wildman–Crippen MR) is 142 cm³/mol. The fourth-order valence-electron chi connectivity index (χ4n) is 3.65. The summed E-state index contributed by atoms with van der Waals surface area (Å²) in [5.41, 5.74) is 1.66. The summed E-state index contributed by atoms with van der Waals surface area (Å²) in [6.07, 6.45) is 6.79. The summed E-state index contributed by atoms with van der Waals surface area (Å²) in [6, 6.07) is 5.70. The Bertz CT molecular complexity index is 1290. The number of aromatic nitrogens is 1. The van der Waals surface area contributed by atoms with Gasteiger partial charge in [0, 0.05) is 13.0 Å². The first-order chi connectivity index (χ1) is 17.5. The van der Waals surface area contributed by atoms with Gasteiger partial charge in [-0.15, -0.1) is 0 Å². The predicted octanol–water partition coefficient (Wildman–Crippen LogP) is 5.29. The molecule has 1 N–H and O–H groups in total. The minimum absolute atomic E-state index is 0.0652. The fraction of sp³-hybridized carbons (Fsp3) is 0.370. The Morgan fingerprint density at radius 1 is 1.27 bits per heavy atom. The summed E-state index contributed by atoms with van der Waals surface area (Å²) < 4.78 is 47.0. The molecule has 1 amide bonds. The molecular formula is C27H34FN3O5S. The largest absolute Gasteiger partial charge is 0.356 e. The molecule has 0 aliphatic rings. The van der Waals surface area contributed by atoms with Crippen molar-refractivity contribution in [1.82, 2.24) is 10.1 Å². The van der Waals surface area contributed by atoms with Gasteiger partial charge in [-0.3, -0.25) is 9.52 Å². The smallest absolute Gasteiger partial charge is 0.263 e. The maximum Gasteiger partial charge on any atom is 0.263 e. The molecule has 0 saturated heterocycles. The first-order valence-electron chi connectivity index (χ1n) is 11.9. The van der Waals surface area contributed by atoms with Crippen LogP contribution in [0.3, 0.4) is 0 Å². The molecule has 8 nitrogen and oxygen atoms in total. The van der Waals surface area contributed by atoms with Gasteiger partial charge in [-0.2, -0.15) is 4.39 Å². The normalized spacial score (nSPS) is 13.4. The van der Waals surface area contributed by atoms with E-state index < -0.39 is 27.7 Å². The van der Waals surface area contributed by atoms with Gasteiger partial charge in [-0.25, -0.2) is 8.42 Å². The van der Waals surface area contributed by atoms with Crippen LogP contribution >= 0.6 is 0 Å². The SMILES string of the molecule is C=C/C(=C\C=C(/C)c1ccccc1S(=O)(=O)Nc1noc(C)c1F)CN(C(=O)CCC)C(C=O)C(C)C. The lowest BCUT2D eigenvalue weighted by Gasteiger charge is -2.31. The van der Waals surface area contributed by atoms with E-state index in [1.165, 1.54) is 13.0 Å². The molecule has 0 aliphatic carbocycles. The van der Waals surface area contributed by atoms with Crippen LogP contribution in [-0.4, -0.2) is 43.3 Å². The molecule has 1 aromatic heterocycles. The van der Waals surface area contributed by atoms with Crippen molar-refractivity contribution in [2.45, 2.75) is 58.4 Å². The third-order valence-electron chi connectivity index (χ3n) is 5.75. The number of aldehydes is 1. The fourth-order valence-corrected chi connectivity index (χ4v) is 4.91. The van der Waals surface area contributed by atoms with E-state index in [4.69, 9.17) is 4.52 Å². The molecule has 0 saturated carbocycles. The number of sulfonamides is 1. The van der Waals surface area contributed by atoms with E-state index in [0.717, 1.165) is 6.29 Å². The van der Waals surface area contributed by atoms with E-state index in [1.807, 2.05) is 20.8 Å². The van der Waals surface area contributed by atoms with Gasteiger partial charge in [0.1, 0.15) is 6.29 Å². The Morgan fingerprint density at radius 2 is 1.95 bits per heavy atom. The lowest BCUT2D eigenvalue weighted by Crippen LogP contribution is -2.45. The topological polar surface area (TPSA) is 110 Å². The number of aryl methyl sites for hydroxylation is 1. The number of hydrogen-bond donors (Lipinski definition) is 1. The van der Waals surface area contributed by atoms with Gasteiger partial charge in [0.05, 0.1) is 10.9 Å². The number of benzene rings is 1. The Hall–Kier alpha value is -3.53. The highest BCUT2D eigenvalue weighted by Gasteiger charge is 2.26. The lowest BCUT2D eigenvalue weighted by molar-refractivity contribution is -0.137. The summed E-state index contributed by atoms with van der Waals surface area (Å²) in [5.74, 6) is -1.73. The highest BCUT2D eigenvalue weighted by molar-refractivity contribution is 7.92. The maximum absolute atomic E-state index is 14.1. The molecule has 2 rings (SSSR count). The summed E-state index contributed by atoms with van der Waals surface area (Å²) >= 11 is 0. The molecule has 0 radical (unpaired) electrons. The average Bonchev–Trinajstić information content (AvgIpc) is 3.17. The lowest BCUT2D eigenvalue weighted by atomic mass is 10.0. The number of halogens is 1. The molecule has 1 unspecified atom stereocenters. The highest BCUT2D eigenvalue weighted by Crippen LogP contribution is 2.27. The summed E-state index contributed by atoms with van der Waals surface area (Å²) in [6.45, 7) is 12.7. The Labute approximate surface area is 218 Å². The number of nitrogens with zero attached hydrogens (tertiary/aromatic N) is 2. The molecule has 0 bridgehead atoms. The van der Waals surface area contributed by atoms with Crippen LogP contribution < -0.4 is 4.72 Å². The van der Waals surface area contributed by atoms with Crippen molar-refractivity contribution in [3.63, 3.8) is 0 Å². The van der Waals surface area contributed by atoms with Gasteiger partial charge in [-0.05, 0) is 49.0 Å². The van der Waals surface area contributed by atoms with Gasteiger partial charge >= 0.3 is 0 Å². The number of hydrogen-bond acceptors (Lipinski definition) is 6. The van der Waals surface area contributed by atoms with Crippen LogP contribution in [0.25, 0.3) is 5.57 Å². The molecule has 1 atom stereocenters. The summed E-state index contributed by atoms with van der Waals surface area (Å²) in [7, 11) is -4.19. The van der Waals surface area contributed by atoms with Crippen LogP contribution in [0.1, 0.15) is 51.9 Å². The zero-order valence-electron chi connectivity index (χ0n) is 21.8. The molecule has 200 valence electrons. The highest BCUT2D eigenvalue weighted by atomic mass is 32.2. The second-order valence-corrected chi connectivity index (χ2v) is 10.6. The van der Waals surface area contributed by atoms with E-state index in [0.29, 0.717) is 29.6 Å².